The van der Waals surface area contributed by atoms with Crippen molar-refractivity contribution in [3.05, 3.63) is 37.6 Å². The van der Waals surface area contributed by atoms with Crippen molar-refractivity contribution in [2.75, 3.05) is 26.4 Å². The average molecular weight is 489 g/mol. The predicted molar refractivity (Wildman–Crippen MR) is 113 cm³/mol. The fourth-order valence-electron chi connectivity index (χ4n) is 2.41. The van der Waals surface area contributed by atoms with Crippen LogP contribution in [0.3, 0.4) is 0 Å². The van der Waals surface area contributed by atoms with E-state index in [2.05, 4.69) is 40.0 Å². The molecule has 0 aliphatic heterocycles. The highest BCUT2D eigenvalue weighted by Gasteiger charge is 2.18. The first kappa shape index (κ1) is 20.8. The highest BCUT2D eigenvalue weighted by Crippen LogP contribution is 2.39. The Kier molecular flexibility index (Phi) is 8.50. The summed E-state index contributed by atoms with van der Waals surface area (Å²) in [7, 11) is 0. The lowest BCUT2D eigenvalue weighted by molar-refractivity contribution is 0.0953. The van der Waals surface area contributed by atoms with Crippen LogP contribution in [0, 0.1) is 2.88 Å². The third-order valence-electron chi connectivity index (χ3n) is 3.46. The van der Waals surface area contributed by atoms with E-state index in [0.29, 0.717) is 49.2 Å². The Balaban J connectivity index is 2.13. The van der Waals surface area contributed by atoms with Gasteiger partial charge in [0.05, 0.1) is 22.7 Å². The summed E-state index contributed by atoms with van der Waals surface area (Å²) in [5.41, 5.74) is 0.501. The number of carbonyl (C=O) groups excluding carboxylic acids is 1. The van der Waals surface area contributed by atoms with E-state index in [0.717, 1.165) is 6.42 Å². The fourth-order valence-corrected chi connectivity index (χ4v) is 4.16. The quantitative estimate of drug-likeness (QED) is 0.499. The zero-order valence-corrected chi connectivity index (χ0v) is 18.2. The molecule has 1 N–H and O–H groups in total. The van der Waals surface area contributed by atoms with Crippen molar-refractivity contribution in [3.8, 4) is 17.2 Å². The molecule has 1 heterocycles. The van der Waals surface area contributed by atoms with Crippen LogP contribution < -0.4 is 19.5 Å². The summed E-state index contributed by atoms with van der Waals surface area (Å²) in [5, 5.41) is 2.96. The van der Waals surface area contributed by atoms with E-state index < -0.39 is 0 Å². The number of rotatable bonds is 10. The van der Waals surface area contributed by atoms with Crippen LogP contribution in [0.1, 0.15) is 36.0 Å². The number of hydrogen-bond donors (Lipinski definition) is 1. The molecule has 0 aliphatic rings. The first-order chi connectivity index (χ1) is 12.6. The van der Waals surface area contributed by atoms with Crippen LogP contribution in [0.4, 0.5) is 0 Å². The number of thiophene rings is 1. The Bertz CT molecular complexity index is 705. The van der Waals surface area contributed by atoms with Crippen molar-refractivity contribution in [2.45, 2.75) is 27.2 Å². The standard InChI is InChI=1S/C19H24INO4S/c1-4-23-15-11-13(12-16(24-5-2)18(15)25-6-3)19(22)21-10-9-14-7-8-17(20)26-14/h7-8,11-12H,4-6,9-10H2,1-3H3,(H,21,22). The molecule has 0 unspecified atom stereocenters. The SMILES string of the molecule is CCOc1cc(C(=O)NCCc2ccc(I)s2)cc(OCC)c1OCC. The molecule has 1 aromatic heterocycles. The largest absolute Gasteiger partial charge is 0.490 e. The molecule has 0 atom stereocenters. The van der Waals surface area contributed by atoms with Gasteiger partial charge in [-0.3, -0.25) is 4.79 Å². The maximum absolute atomic E-state index is 12.6. The summed E-state index contributed by atoms with van der Waals surface area (Å²) in [5.74, 6) is 1.44. The van der Waals surface area contributed by atoms with Gasteiger partial charge in [-0.25, -0.2) is 0 Å². The van der Waals surface area contributed by atoms with Crippen LogP contribution >= 0.6 is 33.9 Å². The predicted octanol–water partition coefficient (Wildman–Crippen LogP) is 4.52. The van der Waals surface area contributed by atoms with Gasteiger partial charge >= 0.3 is 0 Å². The number of ether oxygens (including phenoxy) is 3. The van der Waals surface area contributed by atoms with E-state index >= 15 is 0 Å². The van der Waals surface area contributed by atoms with Gasteiger partial charge in [-0.1, -0.05) is 0 Å². The third kappa shape index (κ3) is 5.77. The van der Waals surface area contributed by atoms with Crippen LogP contribution in [0.5, 0.6) is 17.2 Å². The Labute approximate surface area is 172 Å². The van der Waals surface area contributed by atoms with E-state index in [-0.39, 0.29) is 5.91 Å². The molecule has 0 spiro atoms. The van der Waals surface area contributed by atoms with Gasteiger partial charge in [-0.15, -0.1) is 11.3 Å². The molecule has 0 saturated heterocycles. The van der Waals surface area contributed by atoms with Crippen LogP contribution in [0.15, 0.2) is 24.3 Å². The van der Waals surface area contributed by atoms with E-state index in [1.54, 1.807) is 23.5 Å². The molecule has 26 heavy (non-hydrogen) atoms. The van der Waals surface area contributed by atoms with E-state index in [1.165, 1.54) is 7.76 Å². The third-order valence-corrected chi connectivity index (χ3v) is 5.41. The lowest BCUT2D eigenvalue weighted by Gasteiger charge is -2.17. The lowest BCUT2D eigenvalue weighted by Crippen LogP contribution is -2.25. The minimum atomic E-state index is -0.152. The number of amides is 1. The molecular formula is C19H24INO4S. The number of hydrogen-bond acceptors (Lipinski definition) is 5. The second-order valence-electron chi connectivity index (χ2n) is 5.31. The Morgan fingerprint density at radius 2 is 1.65 bits per heavy atom. The topological polar surface area (TPSA) is 56.8 Å². The minimum Gasteiger partial charge on any atom is -0.490 e. The number of benzene rings is 1. The molecule has 142 valence electrons. The first-order valence-corrected chi connectivity index (χ1v) is 10.6. The van der Waals surface area contributed by atoms with Crippen molar-refractivity contribution in [3.63, 3.8) is 0 Å². The monoisotopic (exact) mass is 489 g/mol. The smallest absolute Gasteiger partial charge is 0.251 e. The zero-order chi connectivity index (χ0) is 18.9. The molecular weight excluding hydrogens is 465 g/mol. The summed E-state index contributed by atoms with van der Waals surface area (Å²) >= 11 is 4.04. The summed E-state index contributed by atoms with van der Waals surface area (Å²) in [6.45, 7) is 7.72. The molecule has 0 bridgehead atoms. The molecule has 5 nitrogen and oxygen atoms in total. The van der Waals surface area contributed by atoms with E-state index in [4.69, 9.17) is 14.2 Å². The van der Waals surface area contributed by atoms with Gasteiger partial charge in [0.2, 0.25) is 5.75 Å². The lowest BCUT2D eigenvalue weighted by atomic mass is 10.1. The Morgan fingerprint density at radius 1 is 1.04 bits per heavy atom. The summed E-state index contributed by atoms with van der Waals surface area (Å²) in [6.07, 6.45) is 0.813. The summed E-state index contributed by atoms with van der Waals surface area (Å²) < 4.78 is 18.2. The summed E-state index contributed by atoms with van der Waals surface area (Å²) in [4.78, 5) is 13.8. The van der Waals surface area contributed by atoms with Gasteiger partial charge in [-0.2, -0.15) is 0 Å². The highest BCUT2D eigenvalue weighted by molar-refractivity contribution is 14.1. The molecule has 0 saturated carbocycles. The minimum absolute atomic E-state index is 0.152. The van der Waals surface area contributed by atoms with E-state index in [1.807, 2.05) is 20.8 Å². The Hall–Kier alpha value is -1.48. The van der Waals surface area contributed by atoms with Crippen LogP contribution in [0.2, 0.25) is 0 Å². The normalized spacial score (nSPS) is 10.5. The van der Waals surface area contributed by atoms with Crippen molar-refractivity contribution >= 4 is 39.8 Å². The molecule has 2 rings (SSSR count). The molecule has 0 aliphatic carbocycles. The van der Waals surface area contributed by atoms with Crippen molar-refractivity contribution in [2.24, 2.45) is 0 Å². The number of nitrogens with one attached hydrogen (secondary N) is 1. The average Bonchev–Trinajstić information content (AvgIpc) is 3.03. The molecule has 1 amide bonds. The van der Waals surface area contributed by atoms with Gasteiger partial charge in [0.15, 0.2) is 11.5 Å². The molecule has 0 fully saturated rings. The van der Waals surface area contributed by atoms with Crippen LogP contribution in [-0.2, 0) is 6.42 Å². The van der Waals surface area contributed by atoms with Gasteiger partial charge in [0.25, 0.3) is 5.91 Å². The maximum atomic E-state index is 12.6. The first-order valence-electron chi connectivity index (χ1n) is 8.67. The number of carbonyl (C=O) groups is 1. The van der Waals surface area contributed by atoms with Gasteiger partial charge in [0.1, 0.15) is 0 Å². The molecule has 1 aromatic carbocycles. The fraction of sp³-hybridized carbons (Fsp3) is 0.421. The van der Waals surface area contributed by atoms with Crippen molar-refractivity contribution < 1.29 is 19.0 Å². The molecule has 0 radical (unpaired) electrons. The summed E-state index contributed by atoms with van der Waals surface area (Å²) in [6, 6.07) is 7.59. The maximum Gasteiger partial charge on any atom is 0.251 e. The van der Waals surface area contributed by atoms with Crippen molar-refractivity contribution in [1.82, 2.24) is 5.32 Å². The van der Waals surface area contributed by atoms with Crippen molar-refractivity contribution in [1.29, 1.82) is 0 Å². The second kappa shape index (κ2) is 10.6. The van der Waals surface area contributed by atoms with E-state index in [9.17, 15) is 4.79 Å². The zero-order valence-electron chi connectivity index (χ0n) is 15.3. The second-order valence-corrected chi connectivity index (χ2v) is 8.37. The van der Waals surface area contributed by atoms with Gasteiger partial charge in [-0.05, 0) is 74.0 Å². The highest BCUT2D eigenvalue weighted by atomic mass is 127. The Morgan fingerprint density at radius 3 is 2.15 bits per heavy atom. The molecule has 7 heteroatoms. The van der Waals surface area contributed by atoms with Gasteiger partial charge in [0, 0.05) is 17.0 Å². The van der Waals surface area contributed by atoms with Crippen LogP contribution in [-0.4, -0.2) is 32.3 Å². The molecule has 2 aromatic rings. The van der Waals surface area contributed by atoms with Crippen LogP contribution in [0.25, 0.3) is 0 Å². The van der Waals surface area contributed by atoms with Gasteiger partial charge < -0.3 is 19.5 Å². The number of halogens is 1.